The van der Waals surface area contributed by atoms with Crippen molar-refractivity contribution in [3.8, 4) is 16.9 Å². The summed E-state index contributed by atoms with van der Waals surface area (Å²) >= 11 is 4.96. The van der Waals surface area contributed by atoms with Gasteiger partial charge < -0.3 is 9.87 Å². The SMILES string of the molecule is CC1Cc2c(C(F)F)nn(CC(=O)NC(Cc3cc(F)cc(F)c3)c3nc4cc(-c5cccc(C(F)(F)F)n5)ccc4c(=O)n3-c3ccc(Cl)c4c(N[S+](C)[O-])nn(C)c34)c2C1(F)F. The minimum atomic E-state index is -4.81. The fraction of sp³-hybridized carbons (Fsp3) is 0.268. The number of carbonyl (C=O) groups is 1. The van der Waals surface area contributed by atoms with Gasteiger partial charge >= 0.3 is 6.18 Å². The van der Waals surface area contributed by atoms with Crippen molar-refractivity contribution in [3.63, 3.8) is 0 Å². The van der Waals surface area contributed by atoms with Gasteiger partial charge in [0.05, 0.1) is 55.6 Å². The third-order valence-electron chi connectivity index (χ3n) is 10.7. The van der Waals surface area contributed by atoms with Crippen LogP contribution in [0.4, 0.5) is 45.3 Å². The molecule has 0 aliphatic heterocycles. The molecule has 1 aliphatic carbocycles. The van der Waals surface area contributed by atoms with Gasteiger partial charge in [0.25, 0.3) is 17.9 Å². The molecule has 3 aromatic carbocycles. The van der Waals surface area contributed by atoms with Gasteiger partial charge in [-0.3, -0.25) is 23.5 Å². The van der Waals surface area contributed by atoms with E-state index in [0.717, 1.165) is 35.8 Å². The van der Waals surface area contributed by atoms with Crippen LogP contribution >= 0.6 is 11.6 Å². The number of amides is 1. The number of aryl methyl sites for hydroxylation is 1. The van der Waals surface area contributed by atoms with Crippen molar-refractivity contribution in [1.82, 2.24) is 39.4 Å². The van der Waals surface area contributed by atoms with Crippen LogP contribution in [0.5, 0.6) is 0 Å². The normalized spacial score (nSPS) is 15.8. The second-order valence-electron chi connectivity index (χ2n) is 15.1. The van der Waals surface area contributed by atoms with Gasteiger partial charge in [-0.05, 0) is 60.5 Å². The second-order valence-corrected chi connectivity index (χ2v) is 16.6. The molecule has 0 radical (unpaired) electrons. The molecule has 3 unspecified atom stereocenters. The number of hydrogen-bond acceptors (Lipinski definition) is 8. The maximum atomic E-state index is 15.5. The standard InChI is InChI=1S/C41H31ClF9N9O3S/c1-18-11-24-33(36(45)46)55-59(35(24)40(18,47)48)17-31(61)53-28(14-19-12-21(43)16-22(44)13-19)38-54-27-15-20(26-5-4-6-30(52-26)41(49,50)51)7-8-23(27)39(62)60(38)29-10-9-25(42)32-34(29)58(2)56-37(32)57-64(3)63/h4-10,12-13,15-16,18,28,36H,11,14,17H2,1-3H3,(H,53,61)(H,56,57). The van der Waals surface area contributed by atoms with Crippen LogP contribution in [0.25, 0.3) is 38.8 Å². The highest BCUT2D eigenvalue weighted by Gasteiger charge is 2.51. The number of benzene rings is 3. The smallest absolute Gasteiger partial charge is 0.433 e. The molecule has 23 heteroatoms. The number of fused-ring (bicyclic) bond motifs is 3. The quantitative estimate of drug-likeness (QED) is 0.0970. The highest BCUT2D eigenvalue weighted by atomic mass is 35.5. The molecule has 0 bridgehead atoms. The van der Waals surface area contributed by atoms with Crippen LogP contribution in [0.2, 0.25) is 5.02 Å². The molecule has 64 heavy (non-hydrogen) atoms. The minimum absolute atomic E-state index is 0.00729. The van der Waals surface area contributed by atoms with E-state index in [-0.39, 0.29) is 61.0 Å². The molecule has 0 saturated carbocycles. The Labute approximate surface area is 363 Å². The summed E-state index contributed by atoms with van der Waals surface area (Å²) in [5.74, 6) is -8.62. The van der Waals surface area contributed by atoms with Crippen molar-refractivity contribution in [2.24, 2.45) is 13.0 Å². The lowest BCUT2D eigenvalue weighted by Gasteiger charge is -2.24. The van der Waals surface area contributed by atoms with Gasteiger partial charge in [-0.1, -0.05) is 30.7 Å². The van der Waals surface area contributed by atoms with Crippen LogP contribution in [0.1, 0.15) is 53.4 Å². The van der Waals surface area contributed by atoms with E-state index in [1.807, 2.05) is 0 Å². The zero-order chi connectivity index (χ0) is 46.2. The fourth-order valence-electron chi connectivity index (χ4n) is 7.93. The average molecular weight is 936 g/mol. The molecule has 3 atom stereocenters. The van der Waals surface area contributed by atoms with Gasteiger partial charge in [-0.25, -0.2) is 27.5 Å². The average Bonchev–Trinajstić information content (AvgIpc) is 3.81. The van der Waals surface area contributed by atoms with Crippen molar-refractivity contribution >= 4 is 56.5 Å². The Morgan fingerprint density at radius 2 is 1.75 bits per heavy atom. The van der Waals surface area contributed by atoms with E-state index < -0.39 is 107 Å². The molecular weight excluding hydrogens is 905 g/mol. The van der Waals surface area contributed by atoms with Gasteiger partial charge in [-0.15, -0.1) is 5.10 Å². The van der Waals surface area contributed by atoms with Gasteiger partial charge in [0.1, 0.15) is 47.3 Å². The van der Waals surface area contributed by atoms with Crippen LogP contribution in [-0.4, -0.2) is 50.8 Å². The molecule has 8 rings (SSSR count). The number of carbonyl (C=O) groups excluding carboxylic acids is 1. The van der Waals surface area contributed by atoms with Crippen LogP contribution in [0.3, 0.4) is 0 Å². The molecule has 0 spiro atoms. The summed E-state index contributed by atoms with van der Waals surface area (Å²) in [5.41, 5.74) is -4.51. The lowest BCUT2D eigenvalue weighted by atomic mass is 10.0. The predicted octanol–water partition coefficient (Wildman–Crippen LogP) is 8.51. The maximum Gasteiger partial charge on any atom is 0.433 e. The monoisotopic (exact) mass is 935 g/mol. The Kier molecular flexibility index (Phi) is 11.4. The highest BCUT2D eigenvalue weighted by Crippen LogP contribution is 2.48. The number of halogens is 10. The molecule has 12 nitrogen and oxygen atoms in total. The Morgan fingerprint density at radius 1 is 1.03 bits per heavy atom. The van der Waals surface area contributed by atoms with Crippen LogP contribution < -0.4 is 15.6 Å². The Bertz CT molecular complexity index is 3040. The topological polar surface area (TPSA) is 148 Å². The summed E-state index contributed by atoms with van der Waals surface area (Å²) < 4.78 is 147. The van der Waals surface area contributed by atoms with E-state index in [0.29, 0.717) is 10.7 Å². The maximum absolute atomic E-state index is 15.5. The van der Waals surface area contributed by atoms with Crippen LogP contribution in [0.15, 0.2) is 71.5 Å². The number of nitrogens with one attached hydrogen (secondary N) is 2. The van der Waals surface area contributed by atoms with Crippen molar-refractivity contribution in [3.05, 3.63) is 128 Å². The number of anilines is 1. The first-order valence-electron chi connectivity index (χ1n) is 19.0. The Balaban J connectivity index is 1.36. The van der Waals surface area contributed by atoms with Gasteiger partial charge in [0.2, 0.25) is 11.7 Å². The summed E-state index contributed by atoms with van der Waals surface area (Å²) in [6.07, 6.45) is -7.75. The number of aromatic nitrogens is 7. The van der Waals surface area contributed by atoms with Gasteiger partial charge in [-0.2, -0.15) is 31.8 Å². The third kappa shape index (κ3) is 8.13. The van der Waals surface area contributed by atoms with Crippen molar-refractivity contribution < 1.29 is 48.9 Å². The highest BCUT2D eigenvalue weighted by molar-refractivity contribution is 7.92. The molecule has 0 saturated heterocycles. The molecule has 4 heterocycles. The van der Waals surface area contributed by atoms with E-state index in [1.165, 1.54) is 54.4 Å². The number of alkyl halides is 7. The number of hydrogen-bond donors (Lipinski definition) is 2. The predicted molar refractivity (Wildman–Crippen MR) is 217 cm³/mol. The van der Waals surface area contributed by atoms with E-state index in [1.54, 1.807) is 0 Å². The third-order valence-corrected chi connectivity index (χ3v) is 11.5. The molecular formula is C41H31ClF9N9O3S. The number of rotatable bonds is 11. The van der Waals surface area contributed by atoms with Crippen LogP contribution in [-0.2, 0) is 54.7 Å². The van der Waals surface area contributed by atoms with E-state index in [4.69, 9.17) is 16.6 Å². The van der Waals surface area contributed by atoms with E-state index in [2.05, 4.69) is 25.2 Å². The summed E-state index contributed by atoms with van der Waals surface area (Å²) in [6.45, 7) is 0.0916. The van der Waals surface area contributed by atoms with Crippen molar-refractivity contribution in [2.45, 2.75) is 50.9 Å². The van der Waals surface area contributed by atoms with Crippen molar-refractivity contribution in [1.29, 1.82) is 0 Å². The zero-order valence-corrected chi connectivity index (χ0v) is 34.8. The summed E-state index contributed by atoms with van der Waals surface area (Å²) in [7, 11) is 1.47. The van der Waals surface area contributed by atoms with Crippen molar-refractivity contribution in [2.75, 3.05) is 11.0 Å². The largest absolute Gasteiger partial charge is 0.593 e. The number of nitrogens with zero attached hydrogens (tertiary/aromatic N) is 7. The lowest BCUT2D eigenvalue weighted by Crippen LogP contribution is -2.38. The minimum Gasteiger partial charge on any atom is -0.593 e. The molecule has 7 aromatic rings. The molecule has 2 N–H and O–H groups in total. The summed E-state index contributed by atoms with van der Waals surface area (Å²) in [6, 6.07) is 10.6. The first-order chi connectivity index (χ1) is 30.1. The number of pyridine rings is 1. The first-order valence-corrected chi connectivity index (χ1v) is 20.9. The molecule has 334 valence electrons. The Morgan fingerprint density at radius 3 is 2.42 bits per heavy atom. The fourth-order valence-corrected chi connectivity index (χ4v) is 8.58. The van der Waals surface area contributed by atoms with Crippen LogP contribution in [0, 0.1) is 17.6 Å². The van der Waals surface area contributed by atoms with Gasteiger partial charge in [0, 0.05) is 36.6 Å². The van der Waals surface area contributed by atoms with E-state index >= 15 is 8.78 Å². The molecule has 1 amide bonds. The zero-order valence-electron chi connectivity index (χ0n) is 33.2. The summed E-state index contributed by atoms with van der Waals surface area (Å²) in [4.78, 5) is 37.6. The second kappa shape index (κ2) is 16.5. The summed E-state index contributed by atoms with van der Waals surface area (Å²) in [5, 5.41) is 10.8. The van der Waals surface area contributed by atoms with E-state index in [9.17, 15) is 44.9 Å². The Hall–Kier alpha value is -6.13. The van der Waals surface area contributed by atoms with Gasteiger partial charge in [0.15, 0.2) is 0 Å². The first kappa shape index (κ1) is 44.5. The molecule has 4 aromatic heterocycles. The lowest BCUT2D eigenvalue weighted by molar-refractivity contribution is -0.141. The molecule has 1 aliphatic rings. The molecule has 0 fully saturated rings.